The van der Waals surface area contributed by atoms with Crippen LogP contribution in [0.4, 0.5) is 22.0 Å². The molecule has 96 valence electrons. The Bertz CT molecular complexity index is 598. The van der Waals surface area contributed by atoms with Gasteiger partial charge in [0.25, 0.3) is 5.69 Å². The molecule has 0 aliphatic carbocycles. The first-order valence-corrected chi connectivity index (χ1v) is 5.26. The maximum absolute atomic E-state index is 11.2. The number of amides is 1. The lowest BCUT2D eigenvalue weighted by molar-refractivity contribution is -0.384. The van der Waals surface area contributed by atoms with Gasteiger partial charge in [-0.3, -0.25) is 15.0 Å². The maximum Gasteiger partial charge on any atom is 0.269 e. The third-order valence-electron chi connectivity index (χ3n) is 2.38. The quantitative estimate of drug-likeness (QED) is 0.613. The van der Waals surface area contributed by atoms with Gasteiger partial charge in [0.1, 0.15) is 11.9 Å². The van der Waals surface area contributed by atoms with Crippen molar-refractivity contribution in [3.8, 4) is 0 Å². The Morgan fingerprint density at radius 1 is 1.16 bits per heavy atom. The van der Waals surface area contributed by atoms with Crippen LogP contribution in [0.3, 0.4) is 0 Å². The van der Waals surface area contributed by atoms with E-state index in [-0.39, 0.29) is 17.2 Å². The molecule has 0 unspecified atom stereocenters. The van der Waals surface area contributed by atoms with Gasteiger partial charge < -0.3 is 9.90 Å². The Hall–Kier alpha value is -2.96. The van der Waals surface area contributed by atoms with Gasteiger partial charge in [-0.25, -0.2) is 4.98 Å². The summed E-state index contributed by atoms with van der Waals surface area (Å²) in [5.74, 6) is 0.163. The molecule has 0 fully saturated rings. The second kappa shape index (κ2) is 5.13. The number of carboxylic acid groups (broad SMARTS) is 1. The fourth-order valence-corrected chi connectivity index (χ4v) is 1.54. The first kappa shape index (κ1) is 12.5. The van der Waals surface area contributed by atoms with Crippen LogP contribution in [0.15, 0.2) is 48.7 Å². The van der Waals surface area contributed by atoms with Crippen molar-refractivity contribution in [1.82, 2.24) is 4.98 Å². The van der Waals surface area contributed by atoms with Crippen LogP contribution in [-0.2, 0) is 0 Å². The van der Waals surface area contributed by atoms with E-state index in [2.05, 4.69) is 4.98 Å². The molecule has 0 N–H and O–H groups in total. The molecule has 0 saturated carbocycles. The summed E-state index contributed by atoms with van der Waals surface area (Å²) in [6.07, 6.45) is -0.0241. The molecule has 2 aromatic rings. The van der Waals surface area contributed by atoms with Crippen molar-refractivity contribution in [2.24, 2.45) is 0 Å². The van der Waals surface area contributed by atoms with Crippen LogP contribution in [0, 0.1) is 10.1 Å². The van der Waals surface area contributed by atoms with Crippen LogP contribution in [0.5, 0.6) is 0 Å². The zero-order valence-electron chi connectivity index (χ0n) is 9.59. The number of nitro benzene ring substituents is 1. The minimum absolute atomic E-state index is 0.122. The number of carbonyl (C=O) groups is 1. The second-order valence-corrected chi connectivity index (χ2v) is 3.56. The van der Waals surface area contributed by atoms with Gasteiger partial charge in [0, 0.05) is 24.0 Å². The number of anilines is 2. The molecule has 1 heterocycles. The number of benzene rings is 1. The zero-order valence-corrected chi connectivity index (χ0v) is 9.59. The van der Waals surface area contributed by atoms with Gasteiger partial charge in [-0.05, 0) is 24.3 Å². The normalized spacial score (nSPS) is 9.89. The smallest absolute Gasteiger partial charge is 0.269 e. The van der Waals surface area contributed by atoms with E-state index >= 15 is 0 Å². The molecule has 0 spiro atoms. The Kier molecular flexibility index (Phi) is 3.37. The third kappa shape index (κ3) is 2.65. The van der Waals surface area contributed by atoms with Gasteiger partial charge in [0.05, 0.1) is 4.92 Å². The van der Waals surface area contributed by atoms with E-state index in [1.807, 2.05) is 0 Å². The summed E-state index contributed by atoms with van der Waals surface area (Å²) >= 11 is 0. The van der Waals surface area contributed by atoms with E-state index in [4.69, 9.17) is 0 Å². The summed E-state index contributed by atoms with van der Waals surface area (Å²) in [6.45, 7) is 0. The molecule has 7 nitrogen and oxygen atoms in total. The number of hydrogen-bond acceptors (Lipinski definition) is 5. The predicted octanol–water partition coefficient (Wildman–Crippen LogP) is 1.47. The standard InChI is InChI=1S/C12H9N3O4/c16-12(17)14(11-3-1-2-8-13-11)9-4-6-10(7-5-9)15(18)19/h1-8H,(H,16,17)/p-1. The SMILES string of the molecule is O=C([O-])N(c1ccc([N+](=O)[O-])cc1)c1ccccn1. The van der Waals surface area contributed by atoms with Gasteiger partial charge in [-0.1, -0.05) is 6.07 Å². The van der Waals surface area contributed by atoms with Gasteiger partial charge in [0.15, 0.2) is 0 Å². The average molecular weight is 258 g/mol. The van der Waals surface area contributed by atoms with Gasteiger partial charge >= 0.3 is 0 Å². The lowest BCUT2D eigenvalue weighted by Gasteiger charge is -2.23. The third-order valence-corrected chi connectivity index (χ3v) is 2.38. The number of nitrogens with zero attached hydrogens (tertiary/aromatic N) is 3. The van der Waals surface area contributed by atoms with Crippen molar-refractivity contribution in [2.75, 3.05) is 4.90 Å². The van der Waals surface area contributed by atoms with Crippen LogP contribution in [0.1, 0.15) is 0 Å². The van der Waals surface area contributed by atoms with Crippen LogP contribution in [-0.4, -0.2) is 16.0 Å². The highest BCUT2D eigenvalue weighted by Gasteiger charge is 2.13. The lowest BCUT2D eigenvalue weighted by atomic mass is 10.2. The number of nitro groups is 1. The molecule has 0 aliphatic heterocycles. The zero-order chi connectivity index (χ0) is 13.8. The van der Waals surface area contributed by atoms with E-state index in [1.165, 1.54) is 36.5 Å². The number of hydrogen-bond donors (Lipinski definition) is 0. The van der Waals surface area contributed by atoms with Crippen molar-refractivity contribution in [1.29, 1.82) is 0 Å². The van der Waals surface area contributed by atoms with Crippen LogP contribution in [0.2, 0.25) is 0 Å². The Morgan fingerprint density at radius 2 is 1.84 bits per heavy atom. The van der Waals surface area contributed by atoms with Crippen LogP contribution < -0.4 is 10.0 Å². The van der Waals surface area contributed by atoms with Crippen molar-refractivity contribution < 1.29 is 14.8 Å². The second-order valence-electron chi connectivity index (χ2n) is 3.56. The molecular weight excluding hydrogens is 250 g/mol. The molecule has 19 heavy (non-hydrogen) atoms. The molecule has 0 saturated heterocycles. The number of rotatable bonds is 3. The Balaban J connectivity index is 2.40. The first-order valence-electron chi connectivity index (χ1n) is 5.26. The summed E-state index contributed by atoms with van der Waals surface area (Å²) in [5.41, 5.74) is 0.104. The molecule has 2 rings (SSSR count). The Morgan fingerprint density at radius 3 is 2.32 bits per heavy atom. The lowest BCUT2D eigenvalue weighted by Crippen LogP contribution is -2.38. The molecule has 0 radical (unpaired) electrons. The minimum Gasteiger partial charge on any atom is -0.529 e. The summed E-state index contributed by atoms with van der Waals surface area (Å²) in [7, 11) is 0. The fourth-order valence-electron chi connectivity index (χ4n) is 1.54. The molecule has 7 heteroatoms. The van der Waals surface area contributed by atoms with E-state index in [9.17, 15) is 20.0 Å². The molecule has 0 atom stereocenters. The van der Waals surface area contributed by atoms with Crippen molar-refractivity contribution in [2.45, 2.75) is 0 Å². The summed E-state index contributed by atoms with van der Waals surface area (Å²) in [4.78, 5) is 25.9. The minimum atomic E-state index is -1.47. The van der Waals surface area contributed by atoms with Gasteiger partial charge in [-0.15, -0.1) is 0 Å². The molecule has 1 aromatic heterocycles. The average Bonchev–Trinajstić information content (AvgIpc) is 2.40. The Labute approximate surface area is 107 Å². The molecule has 1 aromatic carbocycles. The van der Waals surface area contributed by atoms with Crippen molar-refractivity contribution in [3.63, 3.8) is 0 Å². The highest BCUT2D eigenvalue weighted by Crippen LogP contribution is 2.25. The highest BCUT2D eigenvalue weighted by molar-refractivity contribution is 5.92. The van der Waals surface area contributed by atoms with Crippen LogP contribution in [0.25, 0.3) is 0 Å². The fraction of sp³-hybridized carbons (Fsp3) is 0. The molecule has 0 aliphatic rings. The maximum atomic E-state index is 11.2. The monoisotopic (exact) mass is 258 g/mol. The molecular formula is C12H8N3O4-. The predicted molar refractivity (Wildman–Crippen MR) is 64.9 cm³/mol. The van der Waals surface area contributed by atoms with E-state index in [0.717, 1.165) is 4.90 Å². The summed E-state index contributed by atoms with van der Waals surface area (Å²) < 4.78 is 0. The van der Waals surface area contributed by atoms with Gasteiger partial charge in [0.2, 0.25) is 0 Å². The first-order chi connectivity index (χ1) is 9.09. The van der Waals surface area contributed by atoms with Crippen molar-refractivity contribution >= 4 is 23.3 Å². The highest BCUT2D eigenvalue weighted by atomic mass is 16.6. The number of pyridine rings is 1. The van der Waals surface area contributed by atoms with Gasteiger partial charge in [-0.2, -0.15) is 0 Å². The number of carbonyl (C=O) groups excluding carboxylic acids is 1. The van der Waals surface area contributed by atoms with Crippen molar-refractivity contribution in [3.05, 3.63) is 58.8 Å². The topological polar surface area (TPSA) is 99.4 Å². The van der Waals surface area contributed by atoms with E-state index < -0.39 is 11.0 Å². The van der Waals surface area contributed by atoms with Crippen LogP contribution >= 0.6 is 0 Å². The largest absolute Gasteiger partial charge is 0.529 e. The summed E-state index contributed by atoms with van der Waals surface area (Å²) in [6, 6.07) is 9.85. The molecule has 1 amide bonds. The summed E-state index contributed by atoms with van der Waals surface area (Å²) in [5, 5.41) is 21.7. The number of non-ortho nitro benzene ring substituents is 1. The van der Waals surface area contributed by atoms with E-state index in [1.54, 1.807) is 12.1 Å². The number of aromatic nitrogens is 1. The molecule has 0 bridgehead atoms. The van der Waals surface area contributed by atoms with E-state index in [0.29, 0.717) is 0 Å².